The van der Waals surface area contributed by atoms with Crippen molar-refractivity contribution in [3.8, 4) is 0 Å². The molecule has 3 aromatic rings. The number of hydrogen-bond donors (Lipinski definition) is 4. The molecule has 2 aliphatic heterocycles. The quantitative estimate of drug-likeness (QED) is 0.146. The summed E-state index contributed by atoms with van der Waals surface area (Å²) in [6.07, 6.45) is 20.2. The third kappa shape index (κ3) is 9.26. The van der Waals surface area contributed by atoms with Gasteiger partial charge in [-0.25, -0.2) is 0 Å². The number of hydrogen-bond acceptors (Lipinski definition) is 6. The van der Waals surface area contributed by atoms with Gasteiger partial charge in [-0.05, 0) is 107 Å². The molecule has 0 bridgehead atoms. The summed E-state index contributed by atoms with van der Waals surface area (Å²) in [5.74, 6) is 2.03. The zero-order valence-corrected chi connectivity index (χ0v) is 35.0. The third-order valence-corrected chi connectivity index (χ3v) is 14.2. The lowest BCUT2D eigenvalue weighted by Gasteiger charge is -2.45. The summed E-state index contributed by atoms with van der Waals surface area (Å²) in [7, 11) is 1.80. The second-order valence-corrected chi connectivity index (χ2v) is 18.8. The van der Waals surface area contributed by atoms with E-state index in [0.717, 1.165) is 23.2 Å². The zero-order valence-electron chi connectivity index (χ0n) is 35.0. The van der Waals surface area contributed by atoms with Gasteiger partial charge in [0.1, 0.15) is 6.17 Å². The molecule has 2 heterocycles. The highest BCUT2D eigenvalue weighted by atomic mass is 16.5. The van der Waals surface area contributed by atoms with Crippen molar-refractivity contribution >= 4 is 18.7 Å². The summed E-state index contributed by atoms with van der Waals surface area (Å²) in [4.78, 5) is 5.48. The van der Waals surface area contributed by atoms with Gasteiger partial charge in [-0.15, -0.1) is 0 Å². The van der Waals surface area contributed by atoms with Gasteiger partial charge in [0.15, 0.2) is 0 Å². The molecule has 0 aromatic heterocycles. The molecule has 5 aliphatic rings. The van der Waals surface area contributed by atoms with Crippen LogP contribution >= 0.6 is 0 Å². The SMILES string of the molecule is CC(C)(O)C(C)(C)O[B]c1cccc(C2=NC(C3CCCCC3)NC(C3CCCC(C4=C(C5CCCCC5)NC(c5ccccc5)C(c5ccccc5)N4)C3)=C2)c1. The van der Waals surface area contributed by atoms with E-state index in [0.29, 0.717) is 23.7 Å². The van der Waals surface area contributed by atoms with E-state index in [4.69, 9.17) is 9.65 Å². The van der Waals surface area contributed by atoms with Crippen LogP contribution < -0.4 is 21.4 Å². The number of allylic oxidation sites excluding steroid dienone is 4. The number of rotatable bonds is 11. The van der Waals surface area contributed by atoms with Crippen molar-refractivity contribution in [2.75, 3.05) is 0 Å². The van der Waals surface area contributed by atoms with Crippen LogP contribution in [0.5, 0.6) is 0 Å². The van der Waals surface area contributed by atoms with Gasteiger partial charge in [0.25, 0.3) is 0 Å². The predicted octanol–water partition coefficient (Wildman–Crippen LogP) is 9.95. The minimum atomic E-state index is -0.981. The molecule has 57 heavy (non-hydrogen) atoms. The van der Waals surface area contributed by atoms with E-state index in [2.05, 4.69) is 107 Å². The molecule has 3 aliphatic carbocycles. The highest BCUT2D eigenvalue weighted by Crippen LogP contribution is 2.45. The van der Waals surface area contributed by atoms with Gasteiger partial charge in [0.2, 0.25) is 0 Å². The average Bonchev–Trinajstić information content (AvgIpc) is 3.26. The molecule has 7 heteroatoms. The number of nitrogens with one attached hydrogen (secondary N) is 3. The highest BCUT2D eigenvalue weighted by molar-refractivity contribution is 6.47. The van der Waals surface area contributed by atoms with Crippen molar-refractivity contribution < 1.29 is 9.76 Å². The van der Waals surface area contributed by atoms with E-state index < -0.39 is 11.2 Å². The highest BCUT2D eigenvalue weighted by Gasteiger charge is 2.40. The van der Waals surface area contributed by atoms with Crippen LogP contribution in [0.4, 0.5) is 0 Å². The predicted molar refractivity (Wildman–Crippen MR) is 235 cm³/mol. The van der Waals surface area contributed by atoms with E-state index in [1.54, 1.807) is 21.3 Å². The molecule has 3 saturated carbocycles. The van der Waals surface area contributed by atoms with Crippen LogP contribution in [0.1, 0.15) is 146 Å². The van der Waals surface area contributed by atoms with E-state index in [-0.39, 0.29) is 18.2 Å². The van der Waals surface area contributed by atoms with E-state index in [9.17, 15) is 5.11 Å². The van der Waals surface area contributed by atoms with Crippen molar-refractivity contribution in [1.29, 1.82) is 0 Å². The molecule has 8 rings (SSSR count). The zero-order chi connectivity index (χ0) is 39.4. The minimum absolute atomic E-state index is 0.0965. The molecule has 4 N–H and O–H groups in total. The Morgan fingerprint density at radius 2 is 1.21 bits per heavy atom. The van der Waals surface area contributed by atoms with Crippen LogP contribution in [0.3, 0.4) is 0 Å². The first-order valence-electron chi connectivity index (χ1n) is 22.4. The summed E-state index contributed by atoms with van der Waals surface area (Å²) in [6.45, 7) is 7.46. The Bertz CT molecular complexity index is 1890. The average molecular weight is 766 g/mol. The van der Waals surface area contributed by atoms with Crippen molar-refractivity contribution in [3.63, 3.8) is 0 Å². The van der Waals surface area contributed by atoms with Crippen molar-refractivity contribution in [1.82, 2.24) is 16.0 Å². The Hall–Kier alpha value is -3.81. The van der Waals surface area contributed by atoms with Crippen LogP contribution in [0.2, 0.25) is 0 Å². The first-order chi connectivity index (χ1) is 27.6. The minimum Gasteiger partial charge on any atom is -0.427 e. The molecule has 0 spiro atoms. The maximum absolute atomic E-state index is 10.7. The number of aliphatic hydroxyl groups is 1. The first-order valence-corrected chi connectivity index (χ1v) is 22.4. The normalized spacial score (nSPS) is 26.7. The van der Waals surface area contributed by atoms with Crippen LogP contribution in [0.15, 0.2) is 113 Å². The summed E-state index contributed by atoms with van der Waals surface area (Å²) in [5.41, 5.74) is 8.51. The summed E-state index contributed by atoms with van der Waals surface area (Å²) >= 11 is 0. The molecular weight excluding hydrogens is 699 g/mol. The van der Waals surface area contributed by atoms with Crippen LogP contribution in [0.25, 0.3) is 0 Å². The molecule has 6 nitrogen and oxygen atoms in total. The molecule has 301 valence electrons. The van der Waals surface area contributed by atoms with Crippen molar-refractivity contribution in [2.24, 2.45) is 28.7 Å². The summed E-state index contributed by atoms with van der Waals surface area (Å²) in [6, 6.07) is 31.2. The molecule has 0 amide bonds. The lowest BCUT2D eigenvalue weighted by Crippen LogP contribution is -2.49. The molecule has 1 radical (unpaired) electrons. The van der Waals surface area contributed by atoms with Crippen molar-refractivity contribution in [2.45, 2.75) is 147 Å². The summed E-state index contributed by atoms with van der Waals surface area (Å²) in [5, 5.41) is 23.4. The molecule has 3 fully saturated rings. The first kappa shape index (κ1) is 40.0. The van der Waals surface area contributed by atoms with E-state index in [1.165, 1.54) is 112 Å². The number of aliphatic imine (C=N–C) groups is 1. The number of benzene rings is 3. The fraction of sp³-hybridized carbons (Fsp3) is 0.540. The van der Waals surface area contributed by atoms with Gasteiger partial charge in [0.05, 0.1) is 29.0 Å². The maximum Gasteiger partial charge on any atom is 0.330 e. The fourth-order valence-corrected chi connectivity index (χ4v) is 10.1. The molecule has 3 aromatic carbocycles. The maximum atomic E-state index is 10.7. The van der Waals surface area contributed by atoms with Crippen LogP contribution in [-0.4, -0.2) is 35.7 Å². The Labute approximate surface area is 343 Å². The lowest BCUT2D eigenvalue weighted by molar-refractivity contribution is -0.0893. The largest absolute Gasteiger partial charge is 0.427 e. The Balaban J connectivity index is 1.10. The third-order valence-electron chi connectivity index (χ3n) is 14.2. The standard InChI is InChI=1S/C50H66BN4O2/c1-49(2,56)50(3,4)57-51-41-30-18-28-39(32-41)43-33-42(52-48(53-43)37-25-15-8-16-26-37)38-27-17-29-40(31-38)47-46(36-23-13-7-14-24-36)54-44(34-19-9-5-10-20-34)45(55-47)35-21-11-6-12-22-35/h5-6,9-12,18-22,28,30,32-33,36-38,40,44-45,48,52,54-56H,7-8,13-17,23-27,29,31H2,1-4H3. The Morgan fingerprint density at radius 1 is 0.632 bits per heavy atom. The van der Waals surface area contributed by atoms with Gasteiger partial charge >= 0.3 is 7.48 Å². The van der Waals surface area contributed by atoms with Gasteiger partial charge in [0, 0.05) is 28.9 Å². The molecular formula is C50H66BN4O2. The van der Waals surface area contributed by atoms with Gasteiger partial charge in [-0.3, -0.25) is 4.99 Å². The van der Waals surface area contributed by atoms with Crippen LogP contribution in [-0.2, 0) is 4.65 Å². The van der Waals surface area contributed by atoms with Gasteiger partial charge in [-0.2, -0.15) is 0 Å². The second-order valence-electron chi connectivity index (χ2n) is 18.8. The Kier molecular flexibility index (Phi) is 12.3. The van der Waals surface area contributed by atoms with E-state index in [1.807, 2.05) is 13.8 Å². The van der Waals surface area contributed by atoms with Crippen LogP contribution in [0, 0.1) is 23.7 Å². The van der Waals surface area contributed by atoms with Gasteiger partial charge < -0.3 is 25.7 Å². The Morgan fingerprint density at radius 3 is 1.84 bits per heavy atom. The molecule has 0 saturated heterocycles. The lowest BCUT2D eigenvalue weighted by atomic mass is 9.74. The topological polar surface area (TPSA) is 77.9 Å². The second kappa shape index (κ2) is 17.6. The van der Waals surface area contributed by atoms with E-state index >= 15 is 0 Å². The summed E-state index contributed by atoms with van der Waals surface area (Å²) < 4.78 is 6.19. The van der Waals surface area contributed by atoms with Crippen molar-refractivity contribution in [3.05, 3.63) is 125 Å². The molecule has 5 unspecified atom stereocenters. The fourth-order valence-electron chi connectivity index (χ4n) is 10.1. The molecule has 5 atom stereocenters. The number of nitrogens with zero attached hydrogens (tertiary/aromatic N) is 1. The monoisotopic (exact) mass is 766 g/mol. The smallest absolute Gasteiger partial charge is 0.330 e. The van der Waals surface area contributed by atoms with Gasteiger partial charge in [-0.1, -0.05) is 135 Å².